The number of anilines is 3. The van der Waals surface area contributed by atoms with Crippen molar-refractivity contribution >= 4 is 55.2 Å². The zero-order chi connectivity index (χ0) is 33.6. The largest absolute Gasteiger partial charge is 0.444 e. The summed E-state index contributed by atoms with van der Waals surface area (Å²) in [5, 5.41) is 12.1. The lowest BCUT2D eigenvalue weighted by Gasteiger charge is -2.29. The fourth-order valence-corrected chi connectivity index (χ4v) is 7.36. The number of hydrogen-bond acceptors (Lipinski definition) is 9. The molecule has 1 heterocycles. The predicted molar refractivity (Wildman–Crippen MR) is 190 cm³/mol. The molecule has 0 bridgehead atoms. The van der Waals surface area contributed by atoms with Gasteiger partial charge >= 0.3 is 6.09 Å². The number of ether oxygens (including phenoxy) is 1. The van der Waals surface area contributed by atoms with E-state index in [1.165, 1.54) is 0 Å². The maximum Gasteiger partial charge on any atom is 0.407 e. The minimum Gasteiger partial charge on any atom is -0.444 e. The van der Waals surface area contributed by atoms with Gasteiger partial charge in [-0.1, -0.05) is 36.4 Å². The van der Waals surface area contributed by atoms with Crippen LogP contribution in [0.2, 0.25) is 0 Å². The molecule has 5 rings (SSSR count). The van der Waals surface area contributed by atoms with E-state index in [1.807, 2.05) is 94.4 Å². The Morgan fingerprint density at radius 2 is 1.49 bits per heavy atom. The van der Waals surface area contributed by atoms with E-state index in [0.717, 1.165) is 59.6 Å². The second-order valence-corrected chi connectivity index (χ2v) is 15.1. The lowest BCUT2D eigenvalue weighted by molar-refractivity contribution is 0.0530. The summed E-state index contributed by atoms with van der Waals surface area (Å²) in [6.07, 6.45) is 3.44. The third kappa shape index (κ3) is 9.01. The number of sulfonamides is 1. The van der Waals surface area contributed by atoms with Gasteiger partial charge in [-0.3, -0.25) is 0 Å². The number of aromatic nitrogens is 2. The fourth-order valence-electron chi connectivity index (χ4n) is 6.02. The van der Waals surface area contributed by atoms with E-state index in [-0.39, 0.29) is 5.92 Å². The first-order chi connectivity index (χ1) is 22.4. The van der Waals surface area contributed by atoms with E-state index in [9.17, 15) is 13.2 Å². The van der Waals surface area contributed by atoms with Gasteiger partial charge in [-0.2, -0.15) is 4.98 Å². The zero-order valence-electron chi connectivity index (χ0n) is 28.0. The standard InChI is InChI=1S/C35H47N7O4S/c1-35(2,3)46-34(43)37-21-20-36-32-28-10-6-7-13-29(28)40-33(41-32)38-22-24-16-18-25(19-17-24)23-39-47(44,45)31-15-9-11-26-27(31)12-8-14-30(26)42(4)5/h6-15,24-25,39H,16-23H2,1-5H3,(H,37,43)(H2,36,38,40,41)/t24-,25-. The van der Waals surface area contributed by atoms with E-state index in [0.29, 0.717) is 42.2 Å². The van der Waals surface area contributed by atoms with Gasteiger partial charge in [-0.15, -0.1) is 0 Å². The number of benzene rings is 3. The third-order valence-electron chi connectivity index (χ3n) is 8.40. The molecule has 11 nitrogen and oxygen atoms in total. The summed E-state index contributed by atoms with van der Waals surface area (Å²) in [5.74, 6) is 1.98. The van der Waals surface area contributed by atoms with Gasteiger partial charge in [0.05, 0.1) is 10.4 Å². The average Bonchev–Trinajstić information content (AvgIpc) is 3.03. The second kappa shape index (κ2) is 14.7. The van der Waals surface area contributed by atoms with Gasteiger partial charge in [0.2, 0.25) is 16.0 Å². The van der Waals surface area contributed by atoms with Crippen molar-refractivity contribution in [1.82, 2.24) is 20.0 Å². The highest BCUT2D eigenvalue weighted by molar-refractivity contribution is 7.89. The van der Waals surface area contributed by atoms with E-state index in [2.05, 4.69) is 20.7 Å². The first kappa shape index (κ1) is 34.2. The van der Waals surface area contributed by atoms with E-state index >= 15 is 0 Å². The number of carbonyl (C=O) groups excluding carboxylic acids is 1. The number of para-hydroxylation sites is 1. The molecule has 0 atom stereocenters. The van der Waals surface area contributed by atoms with Gasteiger partial charge in [0.1, 0.15) is 11.4 Å². The topological polar surface area (TPSA) is 138 Å². The first-order valence-corrected chi connectivity index (χ1v) is 17.8. The Labute approximate surface area is 277 Å². The van der Waals surface area contributed by atoms with E-state index in [1.54, 1.807) is 6.07 Å². The molecule has 0 unspecified atom stereocenters. The molecular weight excluding hydrogens is 614 g/mol. The molecule has 1 aliphatic carbocycles. The lowest BCUT2D eigenvalue weighted by Crippen LogP contribution is -2.35. The van der Waals surface area contributed by atoms with Crippen molar-refractivity contribution in [2.75, 3.05) is 55.8 Å². The molecule has 0 radical (unpaired) electrons. The van der Waals surface area contributed by atoms with Crippen molar-refractivity contribution in [3.05, 3.63) is 60.7 Å². The molecule has 1 aromatic heterocycles. The van der Waals surface area contributed by atoms with Gasteiger partial charge in [0.25, 0.3) is 0 Å². The van der Waals surface area contributed by atoms with Crippen molar-refractivity contribution in [2.45, 2.75) is 57.0 Å². The number of rotatable bonds is 12. The van der Waals surface area contributed by atoms with Crippen LogP contribution in [0.5, 0.6) is 0 Å². The molecule has 3 aromatic carbocycles. The van der Waals surface area contributed by atoms with Crippen LogP contribution < -0.4 is 25.6 Å². The number of alkyl carbamates (subject to hydrolysis) is 1. The summed E-state index contributed by atoms with van der Waals surface area (Å²) in [6.45, 7) is 7.52. The van der Waals surface area contributed by atoms with Gasteiger partial charge in [-0.05, 0) is 82.6 Å². The lowest BCUT2D eigenvalue weighted by atomic mass is 9.82. The van der Waals surface area contributed by atoms with Crippen LogP contribution in [0.4, 0.5) is 22.2 Å². The van der Waals surface area contributed by atoms with Crippen molar-refractivity contribution in [1.29, 1.82) is 0 Å². The second-order valence-electron chi connectivity index (χ2n) is 13.4. The zero-order valence-corrected chi connectivity index (χ0v) is 28.8. The number of nitrogens with one attached hydrogen (secondary N) is 4. The van der Waals surface area contributed by atoms with Crippen LogP contribution >= 0.6 is 0 Å². The summed E-state index contributed by atoms with van der Waals surface area (Å²) in [6, 6.07) is 19.1. The summed E-state index contributed by atoms with van der Waals surface area (Å²) >= 11 is 0. The van der Waals surface area contributed by atoms with Crippen LogP contribution in [-0.4, -0.2) is 70.4 Å². The van der Waals surface area contributed by atoms with Crippen LogP contribution in [0.1, 0.15) is 46.5 Å². The predicted octanol–water partition coefficient (Wildman–Crippen LogP) is 5.98. The van der Waals surface area contributed by atoms with E-state index in [4.69, 9.17) is 14.7 Å². The SMILES string of the molecule is CN(C)c1cccc2c(S(=O)(=O)NC[C@H]3CC[C@H](CNc4nc(NCCNC(=O)OC(C)(C)C)c5ccccc5n4)CC3)cccc12. The fraction of sp³-hybridized carbons (Fsp3) is 0.457. The molecule has 1 amide bonds. The normalized spacial score (nSPS) is 17.0. The van der Waals surface area contributed by atoms with Crippen LogP contribution in [0.3, 0.4) is 0 Å². The minimum atomic E-state index is -3.66. The molecular formula is C35H47N7O4S. The molecule has 12 heteroatoms. The van der Waals surface area contributed by atoms with Crippen molar-refractivity contribution in [2.24, 2.45) is 11.8 Å². The Bertz CT molecular complexity index is 1800. The summed E-state index contributed by atoms with van der Waals surface area (Å²) in [4.78, 5) is 23.8. The highest BCUT2D eigenvalue weighted by Crippen LogP contribution is 2.32. The molecule has 4 aromatic rings. The molecule has 4 N–H and O–H groups in total. The van der Waals surface area contributed by atoms with Gasteiger partial charge in [-0.25, -0.2) is 22.9 Å². The van der Waals surface area contributed by atoms with E-state index < -0.39 is 21.7 Å². The molecule has 0 aliphatic heterocycles. The number of carbonyl (C=O) groups is 1. The Balaban J connectivity index is 1.12. The number of fused-ring (bicyclic) bond motifs is 2. The maximum absolute atomic E-state index is 13.4. The Morgan fingerprint density at radius 3 is 2.21 bits per heavy atom. The Kier molecular flexibility index (Phi) is 10.7. The van der Waals surface area contributed by atoms with Crippen LogP contribution in [-0.2, 0) is 14.8 Å². The van der Waals surface area contributed by atoms with Crippen molar-refractivity contribution in [3.63, 3.8) is 0 Å². The van der Waals surface area contributed by atoms with Gasteiger partial charge < -0.3 is 25.6 Å². The van der Waals surface area contributed by atoms with Crippen LogP contribution in [0, 0.1) is 11.8 Å². The summed E-state index contributed by atoms with van der Waals surface area (Å²) in [5.41, 5.74) is 1.26. The number of nitrogens with zero attached hydrogens (tertiary/aromatic N) is 3. The first-order valence-electron chi connectivity index (χ1n) is 16.3. The Morgan fingerprint density at radius 1 is 0.830 bits per heavy atom. The summed E-state index contributed by atoms with van der Waals surface area (Å²) in [7, 11) is 0.256. The molecule has 0 spiro atoms. The molecule has 1 fully saturated rings. The molecule has 1 aliphatic rings. The van der Waals surface area contributed by atoms with Crippen molar-refractivity contribution < 1.29 is 17.9 Å². The smallest absolute Gasteiger partial charge is 0.407 e. The average molecular weight is 662 g/mol. The van der Waals surface area contributed by atoms with Crippen LogP contribution in [0.25, 0.3) is 21.7 Å². The van der Waals surface area contributed by atoms with Gasteiger partial charge in [0, 0.05) is 62.1 Å². The monoisotopic (exact) mass is 661 g/mol. The van der Waals surface area contributed by atoms with Gasteiger partial charge in [0.15, 0.2) is 0 Å². The third-order valence-corrected chi connectivity index (χ3v) is 9.88. The quantitative estimate of drug-likeness (QED) is 0.135. The molecule has 47 heavy (non-hydrogen) atoms. The molecule has 1 saturated carbocycles. The highest BCUT2D eigenvalue weighted by Gasteiger charge is 2.25. The minimum absolute atomic E-state index is 0.287. The maximum atomic E-state index is 13.4. The summed E-state index contributed by atoms with van der Waals surface area (Å²) < 4.78 is 35.0. The number of hydrogen-bond donors (Lipinski definition) is 4. The van der Waals surface area contributed by atoms with Crippen LogP contribution in [0.15, 0.2) is 65.6 Å². The Hall–Kier alpha value is -4.16. The highest BCUT2D eigenvalue weighted by atomic mass is 32.2. The number of amides is 1. The molecule has 252 valence electrons. The van der Waals surface area contributed by atoms with Crippen molar-refractivity contribution in [3.8, 4) is 0 Å². The molecule has 0 saturated heterocycles.